The van der Waals surface area contributed by atoms with E-state index < -0.39 is 10.0 Å². The first-order valence-electron chi connectivity index (χ1n) is 10.1. The molecule has 1 aliphatic carbocycles. The van der Waals surface area contributed by atoms with Crippen LogP contribution in [0.1, 0.15) is 67.5 Å². The number of nitrogens with one attached hydrogen (secondary N) is 1. The maximum absolute atomic E-state index is 12.9. The minimum atomic E-state index is -3.59. The van der Waals surface area contributed by atoms with Crippen LogP contribution in [-0.4, -0.2) is 51.0 Å². The van der Waals surface area contributed by atoms with Gasteiger partial charge in [0.25, 0.3) is 5.91 Å². The van der Waals surface area contributed by atoms with Crippen LogP contribution in [0.2, 0.25) is 0 Å². The van der Waals surface area contributed by atoms with Gasteiger partial charge in [-0.05, 0) is 43.6 Å². The van der Waals surface area contributed by atoms with Crippen molar-refractivity contribution >= 4 is 27.3 Å². The van der Waals surface area contributed by atoms with Gasteiger partial charge in [0.05, 0.1) is 6.10 Å². The Morgan fingerprint density at radius 3 is 2.59 bits per heavy atom. The normalized spacial score (nSPS) is 19.9. The molecule has 1 aromatic rings. The van der Waals surface area contributed by atoms with E-state index in [2.05, 4.69) is 5.32 Å². The van der Waals surface area contributed by atoms with Crippen molar-refractivity contribution in [1.29, 1.82) is 0 Å². The summed E-state index contributed by atoms with van der Waals surface area (Å²) in [5.41, 5.74) is 0. The summed E-state index contributed by atoms with van der Waals surface area (Å²) in [7, 11) is -3.59. The molecule has 6 nitrogen and oxygen atoms in total. The van der Waals surface area contributed by atoms with Crippen molar-refractivity contribution in [3.05, 3.63) is 16.3 Å². The molecule has 2 aliphatic rings. The number of piperidine rings is 1. The van der Waals surface area contributed by atoms with Crippen molar-refractivity contribution in [1.82, 2.24) is 9.62 Å². The van der Waals surface area contributed by atoms with Crippen LogP contribution in [0.4, 0.5) is 0 Å². The third-order valence-corrected chi connectivity index (χ3v) is 8.26. The van der Waals surface area contributed by atoms with E-state index in [9.17, 15) is 13.2 Å². The van der Waals surface area contributed by atoms with Crippen molar-refractivity contribution in [3.63, 3.8) is 0 Å². The Kier molecular flexibility index (Phi) is 7.69. The predicted molar refractivity (Wildman–Crippen MR) is 107 cm³/mol. The molecule has 0 aromatic carbocycles. The van der Waals surface area contributed by atoms with Crippen molar-refractivity contribution in [3.8, 4) is 0 Å². The van der Waals surface area contributed by atoms with E-state index in [0.29, 0.717) is 32.3 Å². The molecule has 2 fully saturated rings. The third kappa shape index (κ3) is 5.53. The SMILES string of the molecule is O=C(NCCCOC1CCCCC1)c1sccc1S(=O)(=O)N1CCCCC1. The quantitative estimate of drug-likeness (QED) is 0.662. The third-order valence-electron chi connectivity index (χ3n) is 5.28. The number of rotatable bonds is 8. The maximum Gasteiger partial charge on any atom is 0.262 e. The van der Waals surface area contributed by atoms with Gasteiger partial charge in [0.1, 0.15) is 9.77 Å². The molecule has 2 heterocycles. The van der Waals surface area contributed by atoms with Crippen molar-refractivity contribution < 1.29 is 17.9 Å². The minimum Gasteiger partial charge on any atom is -0.378 e. The lowest BCUT2D eigenvalue weighted by atomic mass is 9.98. The van der Waals surface area contributed by atoms with Crippen molar-refractivity contribution in [2.24, 2.45) is 0 Å². The van der Waals surface area contributed by atoms with Crippen molar-refractivity contribution in [2.75, 3.05) is 26.2 Å². The summed E-state index contributed by atoms with van der Waals surface area (Å²) in [6.07, 6.45) is 10.00. The fourth-order valence-electron chi connectivity index (χ4n) is 3.75. The molecule has 0 unspecified atom stereocenters. The zero-order valence-electron chi connectivity index (χ0n) is 15.8. The molecule has 1 aliphatic heterocycles. The number of amides is 1. The smallest absolute Gasteiger partial charge is 0.262 e. The Hall–Kier alpha value is -0.960. The lowest BCUT2D eigenvalue weighted by Gasteiger charge is -2.25. The number of sulfonamides is 1. The largest absolute Gasteiger partial charge is 0.378 e. The molecule has 1 amide bonds. The summed E-state index contributed by atoms with van der Waals surface area (Å²) < 4.78 is 33.1. The van der Waals surface area contributed by atoms with Gasteiger partial charge in [-0.3, -0.25) is 4.79 Å². The first kappa shape index (κ1) is 20.8. The van der Waals surface area contributed by atoms with Crippen LogP contribution < -0.4 is 5.32 Å². The second kappa shape index (κ2) is 10.0. The second-order valence-corrected chi connectivity index (χ2v) is 10.1. The summed E-state index contributed by atoms with van der Waals surface area (Å²) in [6, 6.07) is 1.55. The van der Waals surface area contributed by atoms with E-state index in [0.717, 1.165) is 38.5 Å². The van der Waals surface area contributed by atoms with E-state index in [4.69, 9.17) is 4.74 Å². The van der Waals surface area contributed by atoms with Gasteiger partial charge in [-0.2, -0.15) is 4.31 Å². The van der Waals surface area contributed by atoms with Crippen molar-refractivity contribution in [2.45, 2.75) is 68.8 Å². The number of hydrogen-bond donors (Lipinski definition) is 1. The van der Waals surface area contributed by atoms with Crippen LogP contribution in [0.5, 0.6) is 0 Å². The van der Waals surface area contributed by atoms with Crippen LogP contribution in [0, 0.1) is 0 Å². The van der Waals surface area contributed by atoms with E-state index >= 15 is 0 Å². The number of hydrogen-bond acceptors (Lipinski definition) is 5. The second-order valence-electron chi connectivity index (χ2n) is 7.32. The summed E-state index contributed by atoms with van der Waals surface area (Å²) in [5, 5.41) is 4.53. The molecule has 1 saturated heterocycles. The molecular formula is C19H30N2O4S2. The van der Waals surface area contributed by atoms with Crippen LogP contribution >= 0.6 is 11.3 Å². The molecule has 1 N–H and O–H groups in total. The zero-order valence-corrected chi connectivity index (χ0v) is 17.5. The summed E-state index contributed by atoms with van der Waals surface area (Å²) in [5.74, 6) is -0.307. The van der Waals surface area contributed by atoms with E-state index in [1.165, 1.54) is 34.9 Å². The van der Waals surface area contributed by atoms with Gasteiger partial charge in [-0.25, -0.2) is 8.42 Å². The summed E-state index contributed by atoms with van der Waals surface area (Å²) in [6.45, 7) is 2.20. The molecule has 0 bridgehead atoms. The molecule has 0 spiro atoms. The summed E-state index contributed by atoms with van der Waals surface area (Å²) >= 11 is 1.19. The molecular weight excluding hydrogens is 384 g/mol. The fraction of sp³-hybridized carbons (Fsp3) is 0.737. The van der Waals surface area contributed by atoms with Crippen LogP contribution in [0.3, 0.4) is 0 Å². The highest BCUT2D eigenvalue weighted by atomic mass is 32.2. The van der Waals surface area contributed by atoms with Crippen LogP contribution in [0.15, 0.2) is 16.3 Å². The van der Waals surface area contributed by atoms with Crippen LogP contribution in [-0.2, 0) is 14.8 Å². The molecule has 8 heteroatoms. The lowest BCUT2D eigenvalue weighted by molar-refractivity contribution is 0.0273. The van der Waals surface area contributed by atoms with Gasteiger partial charge in [-0.1, -0.05) is 25.7 Å². The Labute approximate surface area is 166 Å². The van der Waals surface area contributed by atoms with Crippen LogP contribution in [0.25, 0.3) is 0 Å². The first-order valence-corrected chi connectivity index (χ1v) is 12.4. The Bertz CT molecular complexity index is 705. The molecule has 3 rings (SSSR count). The van der Waals surface area contributed by atoms with E-state index in [1.807, 2.05) is 0 Å². The molecule has 0 radical (unpaired) electrons. The van der Waals surface area contributed by atoms with Gasteiger partial charge in [-0.15, -0.1) is 11.3 Å². The van der Waals surface area contributed by atoms with Gasteiger partial charge < -0.3 is 10.1 Å². The predicted octanol–water partition coefficient (Wildman–Crippen LogP) is 3.39. The highest BCUT2D eigenvalue weighted by Gasteiger charge is 2.30. The monoisotopic (exact) mass is 414 g/mol. The molecule has 0 atom stereocenters. The first-order chi connectivity index (χ1) is 13.1. The van der Waals surface area contributed by atoms with E-state index in [-0.39, 0.29) is 15.7 Å². The standard InChI is InChI=1S/C19H30N2O4S2/c22-19(20-11-7-14-25-16-8-3-1-4-9-16)18-17(10-15-26-18)27(23,24)21-12-5-2-6-13-21/h10,15-16H,1-9,11-14H2,(H,20,22). The fourth-order valence-corrected chi connectivity index (χ4v) is 6.58. The summed E-state index contributed by atoms with van der Waals surface area (Å²) in [4.78, 5) is 12.9. The molecule has 152 valence electrons. The van der Waals surface area contributed by atoms with Gasteiger partial charge in [0, 0.05) is 26.2 Å². The number of nitrogens with zero attached hydrogens (tertiary/aromatic N) is 1. The highest BCUT2D eigenvalue weighted by Crippen LogP contribution is 2.27. The minimum absolute atomic E-state index is 0.144. The molecule has 1 aromatic heterocycles. The maximum atomic E-state index is 12.9. The van der Waals surface area contributed by atoms with Gasteiger partial charge >= 0.3 is 0 Å². The van der Waals surface area contributed by atoms with Gasteiger partial charge in [0.15, 0.2) is 0 Å². The lowest BCUT2D eigenvalue weighted by Crippen LogP contribution is -2.36. The number of ether oxygens (including phenoxy) is 1. The zero-order chi connectivity index (χ0) is 19.1. The Morgan fingerprint density at radius 2 is 1.85 bits per heavy atom. The average molecular weight is 415 g/mol. The van der Waals surface area contributed by atoms with Gasteiger partial charge in [0.2, 0.25) is 10.0 Å². The number of carbonyl (C=O) groups is 1. The Balaban J connectivity index is 1.48. The average Bonchev–Trinajstić information content (AvgIpc) is 3.20. The molecule has 27 heavy (non-hydrogen) atoms. The Morgan fingerprint density at radius 1 is 1.15 bits per heavy atom. The number of carbonyl (C=O) groups excluding carboxylic acids is 1. The topological polar surface area (TPSA) is 75.7 Å². The highest BCUT2D eigenvalue weighted by molar-refractivity contribution is 7.89. The number of thiophene rings is 1. The van der Waals surface area contributed by atoms with E-state index in [1.54, 1.807) is 11.4 Å². The molecule has 1 saturated carbocycles.